The molecule has 0 saturated heterocycles. The first kappa shape index (κ1) is 17.0. The van der Waals surface area contributed by atoms with Crippen molar-refractivity contribution < 1.29 is 19.4 Å². The molecular weight excluding hydrogens is 324 g/mol. The fraction of sp³-hybridized carbons (Fsp3) is 0.389. The van der Waals surface area contributed by atoms with Crippen LogP contribution in [0.15, 0.2) is 23.1 Å². The van der Waals surface area contributed by atoms with Gasteiger partial charge in [0.25, 0.3) is 5.88 Å². The highest BCUT2D eigenvalue weighted by molar-refractivity contribution is 5.87. The van der Waals surface area contributed by atoms with Crippen molar-refractivity contribution in [3.05, 3.63) is 39.7 Å². The van der Waals surface area contributed by atoms with Crippen molar-refractivity contribution in [2.45, 2.75) is 26.3 Å². The number of fused-ring (bicyclic) bond motifs is 3. The molecule has 0 unspecified atom stereocenters. The van der Waals surface area contributed by atoms with Crippen LogP contribution in [0.1, 0.15) is 35.8 Å². The zero-order valence-corrected chi connectivity index (χ0v) is 14.6. The molecule has 25 heavy (non-hydrogen) atoms. The van der Waals surface area contributed by atoms with Crippen LogP contribution in [-0.4, -0.2) is 34.8 Å². The lowest BCUT2D eigenvalue weighted by molar-refractivity contribution is 0.0694. The summed E-state index contributed by atoms with van der Waals surface area (Å²) in [6, 6.07) is 3.23. The highest BCUT2D eigenvalue weighted by atomic mass is 16.5. The molecule has 1 atom stereocenters. The largest absolute Gasteiger partial charge is 0.491 e. The van der Waals surface area contributed by atoms with Gasteiger partial charge in [0.15, 0.2) is 11.2 Å². The van der Waals surface area contributed by atoms with Gasteiger partial charge < -0.3 is 19.1 Å². The number of carboxylic acid groups (broad SMARTS) is 1. The molecule has 3 rings (SSSR count). The summed E-state index contributed by atoms with van der Waals surface area (Å²) in [5, 5.41) is 9.27. The van der Waals surface area contributed by atoms with E-state index in [2.05, 4.69) is 18.8 Å². The molecule has 132 valence electrons. The number of pyridine rings is 2. The Bertz CT molecular complexity index is 901. The molecule has 0 aromatic carbocycles. The molecule has 1 N–H and O–H groups in total. The Balaban J connectivity index is 2.31. The highest BCUT2D eigenvalue weighted by Crippen LogP contribution is 2.40. The third-order valence-electron chi connectivity index (χ3n) is 4.56. The quantitative estimate of drug-likeness (QED) is 0.916. The minimum absolute atomic E-state index is 0.0149. The topological polar surface area (TPSA) is 90.7 Å². The predicted molar refractivity (Wildman–Crippen MR) is 91.6 cm³/mol. The number of rotatable bonds is 4. The van der Waals surface area contributed by atoms with E-state index in [0.717, 1.165) is 5.56 Å². The fourth-order valence-corrected chi connectivity index (χ4v) is 3.24. The standard InChI is InChI=1S/C18H20N2O5/c1-9(2)12-5-10-6-15(24-3)17(25-4)19-16(10)13-7-14(21)11(18(22)23)8-20(12)13/h6-9,12H,5H2,1-4H3,(H,22,23)/t12-/m0/s1. The van der Waals surface area contributed by atoms with Gasteiger partial charge in [0, 0.05) is 18.3 Å². The lowest BCUT2D eigenvalue weighted by atomic mass is 9.89. The van der Waals surface area contributed by atoms with E-state index in [0.29, 0.717) is 29.4 Å². The van der Waals surface area contributed by atoms with Crippen LogP contribution in [0.4, 0.5) is 0 Å². The second kappa shape index (κ2) is 6.23. The number of ether oxygens (including phenoxy) is 2. The minimum Gasteiger partial charge on any atom is -0.491 e. The van der Waals surface area contributed by atoms with E-state index >= 15 is 0 Å². The fourth-order valence-electron chi connectivity index (χ4n) is 3.24. The Labute approximate surface area is 144 Å². The second-order valence-corrected chi connectivity index (χ2v) is 6.37. The number of hydrogen-bond acceptors (Lipinski definition) is 5. The Morgan fingerprint density at radius 3 is 2.60 bits per heavy atom. The molecule has 0 aliphatic carbocycles. The van der Waals surface area contributed by atoms with Crippen molar-refractivity contribution >= 4 is 5.97 Å². The minimum atomic E-state index is -1.23. The first-order valence-electron chi connectivity index (χ1n) is 7.99. The van der Waals surface area contributed by atoms with Gasteiger partial charge in [-0.05, 0) is 24.0 Å². The maximum absolute atomic E-state index is 12.2. The summed E-state index contributed by atoms with van der Waals surface area (Å²) in [6.45, 7) is 4.12. The van der Waals surface area contributed by atoms with E-state index in [4.69, 9.17) is 9.47 Å². The third-order valence-corrected chi connectivity index (χ3v) is 4.56. The van der Waals surface area contributed by atoms with Gasteiger partial charge in [0.2, 0.25) is 0 Å². The van der Waals surface area contributed by atoms with Crippen molar-refractivity contribution in [3.63, 3.8) is 0 Å². The lowest BCUT2D eigenvalue weighted by Crippen LogP contribution is -2.28. The molecule has 3 heterocycles. The van der Waals surface area contributed by atoms with Gasteiger partial charge in [0.05, 0.1) is 25.6 Å². The van der Waals surface area contributed by atoms with Crippen molar-refractivity contribution in [1.29, 1.82) is 0 Å². The van der Waals surface area contributed by atoms with Crippen molar-refractivity contribution in [3.8, 4) is 23.0 Å². The molecule has 7 heteroatoms. The van der Waals surface area contributed by atoms with Crippen LogP contribution in [0.5, 0.6) is 11.6 Å². The number of hydrogen-bond donors (Lipinski definition) is 1. The molecule has 2 aromatic rings. The first-order valence-corrected chi connectivity index (χ1v) is 7.99. The van der Waals surface area contributed by atoms with Crippen LogP contribution in [-0.2, 0) is 6.42 Å². The van der Waals surface area contributed by atoms with Crippen molar-refractivity contribution in [2.75, 3.05) is 14.2 Å². The summed E-state index contributed by atoms with van der Waals surface area (Å²) in [7, 11) is 3.05. The molecule has 7 nitrogen and oxygen atoms in total. The van der Waals surface area contributed by atoms with Gasteiger partial charge in [-0.15, -0.1) is 0 Å². The smallest absolute Gasteiger partial charge is 0.341 e. The zero-order valence-electron chi connectivity index (χ0n) is 14.6. The number of methoxy groups -OCH3 is 2. The third kappa shape index (κ3) is 2.75. The molecular formula is C18H20N2O5. The molecule has 0 spiro atoms. The molecule has 0 amide bonds. The summed E-state index contributed by atoms with van der Waals surface area (Å²) in [6.07, 6.45) is 2.08. The first-order chi connectivity index (χ1) is 11.9. The molecule has 1 aliphatic heterocycles. The average Bonchev–Trinajstić information content (AvgIpc) is 2.58. The summed E-state index contributed by atoms with van der Waals surface area (Å²) >= 11 is 0. The number of carboxylic acids is 1. The summed E-state index contributed by atoms with van der Waals surface area (Å²) in [5.41, 5.74) is 1.38. The van der Waals surface area contributed by atoms with Crippen molar-refractivity contribution in [1.82, 2.24) is 9.55 Å². The molecule has 0 radical (unpaired) electrons. The van der Waals surface area contributed by atoms with Crippen LogP contribution in [0.2, 0.25) is 0 Å². The van der Waals surface area contributed by atoms with E-state index in [-0.39, 0.29) is 17.5 Å². The zero-order chi connectivity index (χ0) is 18.3. The van der Waals surface area contributed by atoms with E-state index < -0.39 is 11.4 Å². The van der Waals surface area contributed by atoms with Gasteiger partial charge >= 0.3 is 5.97 Å². The van der Waals surface area contributed by atoms with Crippen molar-refractivity contribution in [2.24, 2.45) is 5.92 Å². The van der Waals surface area contributed by atoms with Crippen LogP contribution < -0.4 is 14.9 Å². The maximum Gasteiger partial charge on any atom is 0.341 e. The monoisotopic (exact) mass is 344 g/mol. The summed E-state index contributed by atoms with van der Waals surface area (Å²) < 4.78 is 12.4. The van der Waals surface area contributed by atoms with Crippen LogP contribution >= 0.6 is 0 Å². The van der Waals surface area contributed by atoms with Crippen LogP contribution in [0, 0.1) is 5.92 Å². The van der Waals surface area contributed by atoms with E-state index in [1.54, 1.807) is 7.11 Å². The van der Waals surface area contributed by atoms with E-state index in [9.17, 15) is 14.7 Å². The molecule has 0 fully saturated rings. The molecule has 0 bridgehead atoms. The summed E-state index contributed by atoms with van der Waals surface area (Å²) in [4.78, 5) is 28.1. The van der Waals surface area contributed by atoms with Gasteiger partial charge in [-0.2, -0.15) is 0 Å². The lowest BCUT2D eigenvalue weighted by Gasteiger charge is -2.33. The SMILES string of the molecule is COc1cc2c(nc1OC)-c1cc(=O)c(C(=O)O)cn1[C@H](C(C)C)C2. The van der Waals surface area contributed by atoms with Gasteiger partial charge in [0.1, 0.15) is 5.56 Å². The normalized spacial score (nSPS) is 15.5. The van der Waals surface area contributed by atoms with E-state index in [1.165, 1.54) is 19.4 Å². The Hall–Kier alpha value is -2.83. The Kier molecular flexibility index (Phi) is 4.24. The number of aromatic nitrogens is 2. The summed E-state index contributed by atoms with van der Waals surface area (Å²) in [5.74, 6) is -0.134. The van der Waals surface area contributed by atoms with Crippen LogP contribution in [0.25, 0.3) is 11.4 Å². The predicted octanol–water partition coefficient (Wildman–Crippen LogP) is 2.38. The molecule has 0 saturated carbocycles. The number of carbonyl (C=O) groups is 1. The van der Waals surface area contributed by atoms with E-state index in [1.807, 2.05) is 10.6 Å². The van der Waals surface area contributed by atoms with Gasteiger partial charge in [-0.25, -0.2) is 9.78 Å². The van der Waals surface area contributed by atoms with Gasteiger partial charge in [-0.1, -0.05) is 13.8 Å². The Morgan fingerprint density at radius 1 is 1.32 bits per heavy atom. The number of nitrogens with zero attached hydrogens (tertiary/aromatic N) is 2. The Morgan fingerprint density at radius 2 is 2.04 bits per heavy atom. The average molecular weight is 344 g/mol. The highest BCUT2D eigenvalue weighted by Gasteiger charge is 2.30. The van der Waals surface area contributed by atoms with Gasteiger partial charge in [-0.3, -0.25) is 4.79 Å². The molecule has 2 aromatic heterocycles. The maximum atomic E-state index is 12.2. The molecule has 1 aliphatic rings. The van der Waals surface area contributed by atoms with Crippen LogP contribution in [0.3, 0.4) is 0 Å². The number of aromatic carboxylic acids is 1. The second-order valence-electron chi connectivity index (χ2n) is 6.37.